The molecule has 1 aliphatic heterocycles. The first kappa shape index (κ1) is 21.9. The smallest absolute Gasteiger partial charge is 0.260 e. The number of benzene rings is 1. The minimum absolute atomic E-state index is 0.0187. The number of amides is 1. The molecule has 158 valence electrons. The molecule has 30 heavy (non-hydrogen) atoms. The Bertz CT molecular complexity index is 992. The number of aliphatic hydroxyl groups excluding tert-OH is 1. The predicted octanol–water partition coefficient (Wildman–Crippen LogP) is 5.54. The molecule has 0 radical (unpaired) electrons. The molecule has 4 rings (SSSR count). The van der Waals surface area contributed by atoms with Crippen LogP contribution in [0.1, 0.15) is 68.9 Å². The number of hydrogen-bond acceptors (Lipinski definition) is 4. The Morgan fingerprint density at radius 3 is 2.47 bits per heavy atom. The molecule has 0 bridgehead atoms. The molecule has 5 nitrogen and oxygen atoms in total. The van der Waals surface area contributed by atoms with Gasteiger partial charge in [0.1, 0.15) is 5.82 Å². The van der Waals surface area contributed by atoms with Crippen molar-refractivity contribution in [3.05, 3.63) is 65.9 Å². The number of nitrogens with zero attached hydrogens (tertiary/aromatic N) is 3. The summed E-state index contributed by atoms with van der Waals surface area (Å²) >= 11 is 0. The Hall–Kier alpha value is -2.79. The molecule has 5 heteroatoms. The Morgan fingerprint density at radius 2 is 1.80 bits per heavy atom. The minimum Gasteiger partial charge on any atom is -0.393 e. The summed E-state index contributed by atoms with van der Waals surface area (Å²) in [6, 6.07) is 15.6. The van der Waals surface area contributed by atoms with Crippen LogP contribution in [-0.2, 0) is 0 Å². The summed E-state index contributed by atoms with van der Waals surface area (Å²) in [6.07, 6.45) is 4.54. The number of aliphatic hydroxyl groups is 1. The van der Waals surface area contributed by atoms with Crippen molar-refractivity contribution in [2.45, 2.75) is 59.1 Å². The van der Waals surface area contributed by atoms with E-state index in [-0.39, 0.29) is 18.1 Å². The van der Waals surface area contributed by atoms with Crippen molar-refractivity contribution in [3.63, 3.8) is 0 Å². The van der Waals surface area contributed by atoms with Crippen molar-refractivity contribution >= 4 is 22.8 Å². The lowest BCUT2D eigenvalue weighted by atomic mass is 10.0. The van der Waals surface area contributed by atoms with Gasteiger partial charge in [0.2, 0.25) is 0 Å². The van der Waals surface area contributed by atoms with Crippen LogP contribution in [0.5, 0.6) is 0 Å². The number of fused-ring (bicyclic) bond motifs is 2. The predicted molar refractivity (Wildman–Crippen MR) is 122 cm³/mol. The number of carbonyl (C=O) groups is 1. The van der Waals surface area contributed by atoms with Crippen molar-refractivity contribution in [3.8, 4) is 0 Å². The van der Waals surface area contributed by atoms with E-state index in [1.807, 2.05) is 55.5 Å². The molecule has 2 unspecified atom stereocenters. The van der Waals surface area contributed by atoms with Gasteiger partial charge in [-0.2, -0.15) is 0 Å². The van der Waals surface area contributed by atoms with Crippen molar-refractivity contribution in [1.82, 2.24) is 9.97 Å². The van der Waals surface area contributed by atoms with Gasteiger partial charge in [0.25, 0.3) is 5.91 Å². The summed E-state index contributed by atoms with van der Waals surface area (Å²) in [5.74, 6) is 1.41. The standard InChI is InChI=1S/C18H15N3O.C7H16O/c1-2-15-13-7-3-4-8-14(13)18(22)21(15)16-10-9-12-6-5-11-19-17(12)20-16;1-6(2)4-5-7(3)8/h3-11,15H,2H2,1H3;6-8H,4-5H2,1-3H3. The lowest BCUT2D eigenvalue weighted by molar-refractivity contribution is 0.0990. The van der Waals surface area contributed by atoms with Gasteiger partial charge in [0.15, 0.2) is 5.65 Å². The average molecular weight is 406 g/mol. The van der Waals surface area contributed by atoms with Gasteiger partial charge < -0.3 is 5.11 Å². The van der Waals surface area contributed by atoms with Crippen molar-refractivity contribution in [2.75, 3.05) is 4.90 Å². The number of hydrogen-bond donors (Lipinski definition) is 1. The summed E-state index contributed by atoms with van der Waals surface area (Å²) in [6.45, 7) is 8.26. The van der Waals surface area contributed by atoms with Crippen LogP contribution in [0.4, 0.5) is 5.82 Å². The number of pyridine rings is 2. The van der Waals surface area contributed by atoms with E-state index in [1.54, 1.807) is 11.1 Å². The Balaban J connectivity index is 0.000000275. The number of anilines is 1. The van der Waals surface area contributed by atoms with E-state index >= 15 is 0 Å². The summed E-state index contributed by atoms with van der Waals surface area (Å²) in [5.41, 5.74) is 2.52. The monoisotopic (exact) mass is 405 g/mol. The molecule has 0 saturated carbocycles. The highest BCUT2D eigenvalue weighted by Gasteiger charge is 2.37. The molecule has 2 aromatic heterocycles. The third-order valence-corrected chi connectivity index (χ3v) is 5.33. The van der Waals surface area contributed by atoms with Gasteiger partial charge in [-0.25, -0.2) is 9.97 Å². The maximum Gasteiger partial charge on any atom is 0.260 e. The van der Waals surface area contributed by atoms with Crippen LogP contribution >= 0.6 is 0 Å². The van der Waals surface area contributed by atoms with Gasteiger partial charge in [-0.15, -0.1) is 0 Å². The first-order valence-electron chi connectivity index (χ1n) is 10.7. The zero-order valence-corrected chi connectivity index (χ0v) is 18.2. The van der Waals surface area contributed by atoms with Crippen molar-refractivity contribution in [2.24, 2.45) is 5.92 Å². The SMILES string of the molecule is CC(C)CCC(C)O.CCC1c2ccccc2C(=O)N1c1ccc2cccnc2n1. The maximum absolute atomic E-state index is 12.8. The molecule has 1 aliphatic rings. The second kappa shape index (κ2) is 9.81. The van der Waals surface area contributed by atoms with E-state index in [0.29, 0.717) is 11.5 Å². The highest BCUT2D eigenvalue weighted by atomic mass is 16.3. The van der Waals surface area contributed by atoms with Crippen LogP contribution < -0.4 is 4.90 Å². The molecule has 1 N–H and O–H groups in total. The normalized spacial score (nSPS) is 16.4. The first-order valence-corrected chi connectivity index (χ1v) is 10.7. The van der Waals surface area contributed by atoms with Crippen molar-refractivity contribution in [1.29, 1.82) is 0 Å². The highest BCUT2D eigenvalue weighted by Crippen LogP contribution is 2.38. The third kappa shape index (κ3) is 4.85. The van der Waals surface area contributed by atoms with Gasteiger partial charge in [0.05, 0.1) is 12.1 Å². The van der Waals surface area contributed by atoms with Crippen LogP contribution in [0.3, 0.4) is 0 Å². The molecule has 1 amide bonds. The van der Waals surface area contributed by atoms with Gasteiger partial charge in [-0.3, -0.25) is 9.69 Å². The number of carbonyl (C=O) groups excluding carboxylic acids is 1. The topological polar surface area (TPSA) is 66.3 Å². The molecule has 0 fully saturated rings. The quantitative estimate of drug-likeness (QED) is 0.605. The Morgan fingerprint density at radius 1 is 1.03 bits per heavy atom. The molecule has 0 spiro atoms. The van der Waals surface area contributed by atoms with E-state index in [0.717, 1.165) is 41.7 Å². The fourth-order valence-corrected chi connectivity index (χ4v) is 3.71. The fourth-order valence-electron chi connectivity index (χ4n) is 3.71. The molecular weight excluding hydrogens is 374 g/mol. The summed E-state index contributed by atoms with van der Waals surface area (Å²) < 4.78 is 0. The van der Waals surface area contributed by atoms with Gasteiger partial charge in [-0.05, 0) is 68.0 Å². The largest absolute Gasteiger partial charge is 0.393 e. The van der Waals surface area contributed by atoms with E-state index in [4.69, 9.17) is 5.11 Å². The number of aromatic nitrogens is 2. The van der Waals surface area contributed by atoms with Crippen LogP contribution in [0, 0.1) is 5.92 Å². The summed E-state index contributed by atoms with van der Waals surface area (Å²) in [5, 5.41) is 9.78. The minimum atomic E-state index is -0.114. The molecule has 3 aromatic rings. The molecule has 3 heterocycles. The van der Waals surface area contributed by atoms with Gasteiger partial charge in [-0.1, -0.05) is 39.0 Å². The lowest BCUT2D eigenvalue weighted by Crippen LogP contribution is -2.28. The molecule has 2 atom stereocenters. The first-order chi connectivity index (χ1) is 14.4. The zero-order chi connectivity index (χ0) is 21.7. The second-order valence-corrected chi connectivity index (χ2v) is 8.23. The average Bonchev–Trinajstić information content (AvgIpc) is 3.04. The number of rotatable bonds is 5. The van der Waals surface area contributed by atoms with E-state index < -0.39 is 0 Å². The Kier molecular flexibility index (Phi) is 7.16. The molecule has 0 aliphatic carbocycles. The third-order valence-electron chi connectivity index (χ3n) is 5.33. The summed E-state index contributed by atoms with van der Waals surface area (Å²) in [4.78, 5) is 23.4. The highest BCUT2D eigenvalue weighted by molar-refractivity contribution is 6.10. The van der Waals surface area contributed by atoms with E-state index in [9.17, 15) is 4.79 Å². The Labute approximate surface area is 178 Å². The second-order valence-electron chi connectivity index (χ2n) is 8.23. The van der Waals surface area contributed by atoms with Gasteiger partial charge in [0, 0.05) is 17.1 Å². The molecule has 0 saturated heterocycles. The maximum atomic E-state index is 12.8. The van der Waals surface area contributed by atoms with Gasteiger partial charge >= 0.3 is 0 Å². The summed E-state index contributed by atoms with van der Waals surface area (Å²) in [7, 11) is 0. The van der Waals surface area contributed by atoms with E-state index in [1.165, 1.54) is 0 Å². The molecular formula is C25H31N3O2. The van der Waals surface area contributed by atoms with Crippen LogP contribution in [0.25, 0.3) is 11.0 Å². The molecule has 1 aromatic carbocycles. The van der Waals surface area contributed by atoms with Crippen LogP contribution in [0.2, 0.25) is 0 Å². The fraction of sp³-hybridized carbons (Fsp3) is 0.400. The van der Waals surface area contributed by atoms with E-state index in [2.05, 4.69) is 30.7 Å². The lowest BCUT2D eigenvalue weighted by Gasteiger charge is -2.23. The van der Waals surface area contributed by atoms with Crippen LogP contribution in [-0.4, -0.2) is 27.1 Å². The zero-order valence-electron chi connectivity index (χ0n) is 18.2. The van der Waals surface area contributed by atoms with Crippen molar-refractivity contribution < 1.29 is 9.90 Å². The van der Waals surface area contributed by atoms with Crippen LogP contribution in [0.15, 0.2) is 54.7 Å².